The molecule has 22 heavy (non-hydrogen) atoms. The van der Waals surface area contributed by atoms with Crippen molar-refractivity contribution in [3.63, 3.8) is 0 Å². The Labute approximate surface area is 132 Å². The van der Waals surface area contributed by atoms with Crippen molar-refractivity contribution in [1.29, 1.82) is 0 Å². The number of carbonyl (C=O) groups excluding carboxylic acids is 1. The van der Waals surface area contributed by atoms with Crippen molar-refractivity contribution in [3.05, 3.63) is 70.3 Å². The zero-order chi connectivity index (χ0) is 15.9. The van der Waals surface area contributed by atoms with Gasteiger partial charge in [0.15, 0.2) is 0 Å². The van der Waals surface area contributed by atoms with Gasteiger partial charge in [-0.25, -0.2) is 0 Å². The molecule has 0 fully saturated rings. The van der Waals surface area contributed by atoms with Crippen LogP contribution in [0.1, 0.15) is 5.56 Å². The van der Waals surface area contributed by atoms with E-state index >= 15 is 0 Å². The van der Waals surface area contributed by atoms with Gasteiger partial charge in [0.1, 0.15) is 0 Å². The number of nitrogens with one attached hydrogen (secondary N) is 1. The predicted octanol–water partition coefficient (Wildman–Crippen LogP) is 3.97. The molecule has 0 bridgehead atoms. The Bertz CT molecular complexity index is 712. The molecule has 2 aromatic rings. The SMILES string of the molecule is CSc1ccccc1NC(=O)/C=C/c1ccc([N+](=O)[O-])cc1. The van der Waals surface area contributed by atoms with Crippen LogP contribution in [-0.4, -0.2) is 17.1 Å². The van der Waals surface area contributed by atoms with Crippen LogP contribution in [-0.2, 0) is 4.79 Å². The van der Waals surface area contributed by atoms with Crippen LogP contribution in [0.4, 0.5) is 11.4 Å². The highest BCUT2D eigenvalue weighted by Gasteiger charge is 2.04. The van der Waals surface area contributed by atoms with Crippen LogP contribution in [0, 0.1) is 10.1 Å². The van der Waals surface area contributed by atoms with Gasteiger partial charge in [-0.2, -0.15) is 0 Å². The number of thioether (sulfide) groups is 1. The number of carbonyl (C=O) groups is 1. The van der Waals surface area contributed by atoms with E-state index in [1.165, 1.54) is 18.2 Å². The number of hydrogen-bond acceptors (Lipinski definition) is 4. The highest BCUT2D eigenvalue weighted by Crippen LogP contribution is 2.24. The second-order valence-corrected chi connectivity index (χ2v) is 5.22. The van der Waals surface area contributed by atoms with Crippen LogP contribution < -0.4 is 5.32 Å². The molecule has 0 aliphatic heterocycles. The lowest BCUT2D eigenvalue weighted by atomic mass is 10.2. The van der Waals surface area contributed by atoms with Crippen LogP contribution in [0.2, 0.25) is 0 Å². The molecule has 0 aromatic heterocycles. The van der Waals surface area contributed by atoms with E-state index in [2.05, 4.69) is 5.32 Å². The number of benzene rings is 2. The first-order valence-electron chi connectivity index (χ1n) is 6.46. The van der Waals surface area contributed by atoms with E-state index in [1.54, 1.807) is 30.0 Å². The Morgan fingerprint density at radius 3 is 2.50 bits per heavy atom. The molecule has 0 heterocycles. The number of rotatable bonds is 5. The average molecular weight is 314 g/mol. The second-order valence-electron chi connectivity index (χ2n) is 4.37. The van der Waals surface area contributed by atoms with Crippen LogP contribution in [0.15, 0.2) is 59.5 Å². The fourth-order valence-electron chi connectivity index (χ4n) is 1.80. The molecular formula is C16H14N2O3S. The molecule has 5 nitrogen and oxygen atoms in total. The lowest BCUT2D eigenvalue weighted by Gasteiger charge is -2.06. The summed E-state index contributed by atoms with van der Waals surface area (Å²) in [5.41, 5.74) is 1.50. The van der Waals surface area contributed by atoms with Crippen molar-refractivity contribution < 1.29 is 9.72 Å². The van der Waals surface area contributed by atoms with Gasteiger partial charge in [0, 0.05) is 23.1 Å². The Morgan fingerprint density at radius 2 is 1.86 bits per heavy atom. The Kier molecular flexibility index (Phi) is 5.32. The van der Waals surface area contributed by atoms with Crippen molar-refractivity contribution in [2.24, 2.45) is 0 Å². The number of nitro benzene ring substituents is 1. The van der Waals surface area contributed by atoms with Gasteiger partial charge in [0.2, 0.25) is 5.91 Å². The normalized spacial score (nSPS) is 10.6. The maximum absolute atomic E-state index is 11.9. The average Bonchev–Trinajstić information content (AvgIpc) is 2.54. The summed E-state index contributed by atoms with van der Waals surface area (Å²) in [4.78, 5) is 23.0. The second kappa shape index (κ2) is 7.42. The lowest BCUT2D eigenvalue weighted by Crippen LogP contribution is -2.08. The van der Waals surface area contributed by atoms with Crippen molar-refractivity contribution in [3.8, 4) is 0 Å². The zero-order valence-corrected chi connectivity index (χ0v) is 12.7. The van der Waals surface area contributed by atoms with E-state index in [4.69, 9.17) is 0 Å². The highest BCUT2D eigenvalue weighted by atomic mass is 32.2. The molecule has 1 amide bonds. The molecule has 0 radical (unpaired) electrons. The molecule has 2 aromatic carbocycles. The standard InChI is InChI=1S/C16H14N2O3S/c1-22-15-5-3-2-4-14(15)17-16(19)11-8-12-6-9-13(10-7-12)18(20)21/h2-11H,1H3,(H,17,19)/b11-8+. The molecule has 0 aliphatic rings. The summed E-state index contributed by atoms with van der Waals surface area (Å²) >= 11 is 1.55. The fraction of sp³-hybridized carbons (Fsp3) is 0.0625. The third-order valence-electron chi connectivity index (χ3n) is 2.90. The van der Waals surface area contributed by atoms with E-state index in [9.17, 15) is 14.9 Å². The summed E-state index contributed by atoms with van der Waals surface area (Å²) in [5.74, 6) is -0.250. The van der Waals surface area contributed by atoms with Crippen LogP contribution >= 0.6 is 11.8 Å². The minimum atomic E-state index is -0.459. The van der Waals surface area contributed by atoms with E-state index in [-0.39, 0.29) is 11.6 Å². The third kappa shape index (κ3) is 4.20. The van der Waals surface area contributed by atoms with Gasteiger partial charge >= 0.3 is 0 Å². The lowest BCUT2D eigenvalue weighted by molar-refractivity contribution is -0.384. The van der Waals surface area contributed by atoms with Gasteiger partial charge < -0.3 is 5.32 Å². The predicted molar refractivity (Wildman–Crippen MR) is 89.0 cm³/mol. The van der Waals surface area contributed by atoms with E-state index in [1.807, 2.05) is 30.5 Å². The minimum Gasteiger partial charge on any atom is -0.321 e. The molecule has 0 spiro atoms. The summed E-state index contributed by atoms with van der Waals surface area (Å²) in [5, 5.41) is 13.4. The monoisotopic (exact) mass is 314 g/mol. The van der Waals surface area contributed by atoms with Gasteiger partial charge in [0.25, 0.3) is 5.69 Å². The smallest absolute Gasteiger partial charge is 0.269 e. The molecule has 0 aliphatic carbocycles. The molecular weight excluding hydrogens is 300 g/mol. The zero-order valence-electron chi connectivity index (χ0n) is 11.9. The Morgan fingerprint density at radius 1 is 1.18 bits per heavy atom. The summed E-state index contributed by atoms with van der Waals surface area (Å²) in [6.07, 6.45) is 4.96. The number of non-ortho nitro benzene ring substituents is 1. The quantitative estimate of drug-likeness (QED) is 0.392. The largest absolute Gasteiger partial charge is 0.321 e. The van der Waals surface area contributed by atoms with Gasteiger partial charge in [-0.3, -0.25) is 14.9 Å². The molecule has 0 unspecified atom stereocenters. The molecule has 1 N–H and O–H groups in total. The van der Waals surface area contributed by atoms with Crippen LogP contribution in [0.25, 0.3) is 6.08 Å². The number of amides is 1. The summed E-state index contributed by atoms with van der Waals surface area (Å²) in [6, 6.07) is 13.5. The number of para-hydroxylation sites is 1. The Balaban J connectivity index is 2.03. The van der Waals surface area contributed by atoms with Crippen molar-refractivity contribution in [1.82, 2.24) is 0 Å². The van der Waals surface area contributed by atoms with E-state index in [0.717, 1.165) is 16.1 Å². The van der Waals surface area contributed by atoms with Gasteiger partial charge in [-0.1, -0.05) is 12.1 Å². The topological polar surface area (TPSA) is 72.2 Å². The first-order valence-corrected chi connectivity index (χ1v) is 7.69. The molecule has 0 atom stereocenters. The number of nitrogens with zero attached hydrogens (tertiary/aromatic N) is 1. The fourth-order valence-corrected chi connectivity index (χ4v) is 2.36. The summed E-state index contributed by atoms with van der Waals surface area (Å²) < 4.78 is 0. The summed E-state index contributed by atoms with van der Waals surface area (Å²) in [7, 11) is 0. The first-order chi connectivity index (χ1) is 10.6. The number of anilines is 1. The molecule has 0 saturated carbocycles. The molecule has 6 heteroatoms. The number of hydrogen-bond donors (Lipinski definition) is 1. The maximum atomic E-state index is 11.9. The van der Waals surface area contributed by atoms with Crippen LogP contribution in [0.5, 0.6) is 0 Å². The molecule has 112 valence electrons. The third-order valence-corrected chi connectivity index (χ3v) is 3.69. The van der Waals surface area contributed by atoms with Gasteiger partial charge in [0.05, 0.1) is 10.6 Å². The molecule has 2 rings (SSSR count). The van der Waals surface area contributed by atoms with Crippen molar-refractivity contribution in [2.75, 3.05) is 11.6 Å². The molecule has 0 saturated heterocycles. The number of nitro groups is 1. The van der Waals surface area contributed by atoms with Crippen molar-refractivity contribution >= 4 is 35.1 Å². The maximum Gasteiger partial charge on any atom is 0.269 e. The van der Waals surface area contributed by atoms with Gasteiger partial charge in [-0.15, -0.1) is 11.8 Å². The van der Waals surface area contributed by atoms with Crippen LogP contribution in [0.3, 0.4) is 0 Å². The van der Waals surface area contributed by atoms with E-state index < -0.39 is 4.92 Å². The van der Waals surface area contributed by atoms with E-state index in [0.29, 0.717) is 0 Å². The van der Waals surface area contributed by atoms with Gasteiger partial charge in [-0.05, 0) is 42.2 Å². The Hall–Kier alpha value is -2.60. The van der Waals surface area contributed by atoms with Crippen molar-refractivity contribution in [2.45, 2.75) is 4.90 Å². The first kappa shape index (κ1) is 15.8. The minimum absolute atomic E-state index is 0.0236. The highest BCUT2D eigenvalue weighted by molar-refractivity contribution is 7.98. The summed E-state index contributed by atoms with van der Waals surface area (Å²) in [6.45, 7) is 0.